The minimum Gasteiger partial charge on any atom is -0.394 e. The normalized spacial score (nSPS) is 25.4. The Hall–Kier alpha value is -0.900. The Labute approximate surface area is 103 Å². The van der Waals surface area contributed by atoms with Crippen molar-refractivity contribution in [2.45, 2.75) is 32.6 Å². The third-order valence-electron chi connectivity index (χ3n) is 3.26. The molecule has 1 aliphatic rings. The standard InChI is InChI=1S/C14H21NO2/c1-3-8-15-9-12(10-16)17-14(15)13-7-5-4-6-11(13)2/h4-7,12,14,16H,3,8-10H2,1-2H3. The van der Waals surface area contributed by atoms with Crippen LogP contribution in [0.1, 0.15) is 30.7 Å². The summed E-state index contributed by atoms with van der Waals surface area (Å²) in [6.45, 7) is 6.21. The molecule has 1 aromatic carbocycles. The van der Waals surface area contributed by atoms with Gasteiger partial charge in [0.1, 0.15) is 6.23 Å². The zero-order valence-electron chi connectivity index (χ0n) is 10.6. The van der Waals surface area contributed by atoms with Gasteiger partial charge >= 0.3 is 0 Å². The van der Waals surface area contributed by atoms with Gasteiger partial charge in [-0.25, -0.2) is 0 Å². The van der Waals surface area contributed by atoms with Crippen molar-refractivity contribution in [2.24, 2.45) is 0 Å². The Morgan fingerprint density at radius 2 is 2.18 bits per heavy atom. The SMILES string of the molecule is CCCN1CC(CO)OC1c1ccccc1C. The molecule has 94 valence electrons. The van der Waals surface area contributed by atoms with Crippen molar-refractivity contribution in [1.82, 2.24) is 4.90 Å². The molecule has 1 fully saturated rings. The average Bonchev–Trinajstić information content (AvgIpc) is 2.73. The lowest BCUT2D eigenvalue weighted by Gasteiger charge is -2.23. The number of aliphatic hydroxyl groups excluding tert-OH is 1. The van der Waals surface area contributed by atoms with Gasteiger partial charge in [-0.2, -0.15) is 0 Å². The number of aryl methyl sites for hydroxylation is 1. The third-order valence-corrected chi connectivity index (χ3v) is 3.26. The maximum absolute atomic E-state index is 9.23. The highest BCUT2D eigenvalue weighted by atomic mass is 16.5. The molecule has 1 heterocycles. The van der Waals surface area contributed by atoms with E-state index in [1.165, 1.54) is 11.1 Å². The smallest absolute Gasteiger partial charge is 0.137 e. The van der Waals surface area contributed by atoms with Gasteiger partial charge in [0.25, 0.3) is 0 Å². The van der Waals surface area contributed by atoms with E-state index in [0.29, 0.717) is 0 Å². The van der Waals surface area contributed by atoms with Gasteiger partial charge in [0.05, 0.1) is 12.7 Å². The summed E-state index contributed by atoms with van der Waals surface area (Å²) in [4.78, 5) is 2.31. The lowest BCUT2D eigenvalue weighted by atomic mass is 10.1. The third kappa shape index (κ3) is 2.68. The molecule has 1 aliphatic heterocycles. The minimum absolute atomic E-state index is 0.00769. The Kier molecular flexibility index (Phi) is 4.15. The summed E-state index contributed by atoms with van der Waals surface area (Å²) < 4.78 is 5.92. The maximum Gasteiger partial charge on any atom is 0.137 e. The molecule has 0 aromatic heterocycles. The largest absolute Gasteiger partial charge is 0.394 e. The van der Waals surface area contributed by atoms with Gasteiger partial charge in [-0.1, -0.05) is 31.2 Å². The Morgan fingerprint density at radius 1 is 1.41 bits per heavy atom. The van der Waals surface area contributed by atoms with E-state index in [9.17, 15) is 5.11 Å². The summed E-state index contributed by atoms with van der Waals surface area (Å²) in [6, 6.07) is 8.31. The number of aliphatic hydroxyl groups is 1. The van der Waals surface area contributed by atoms with Crippen LogP contribution in [0.15, 0.2) is 24.3 Å². The number of rotatable bonds is 4. The summed E-state index contributed by atoms with van der Waals surface area (Å²) in [5.41, 5.74) is 2.47. The molecule has 2 unspecified atom stereocenters. The van der Waals surface area contributed by atoms with Crippen LogP contribution in [-0.2, 0) is 4.74 Å². The second-order valence-corrected chi connectivity index (χ2v) is 4.64. The molecular weight excluding hydrogens is 214 g/mol. The first-order valence-electron chi connectivity index (χ1n) is 6.32. The first-order valence-corrected chi connectivity index (χ1v) is 6.32. The second-order valence-electron chi connectivity index (χ2n) is 4.64. The van der Waals surface area contributed by atoms with Crippen LogP contribution in [0.5, 0.6) is 0 Å². The lowest BCUT2D eigenvalue weighted by Crippen LogP contribution is -2.26. The van der Waals surface area contributed by atoms with Gasteiger partial charge < -0.3 is 9.84 Å². The Bertz CT molecular complexity index is 367. The topological polar surface area (TPSA) is 32.7 Å². The maximum atomic E-state index is 9.23. The molecule has 3 heteroatoms. The lowest BCUT2D eigenvalue weighted by molar-refractivity contribution is -0.0198. The van der Waals surface area contributed by atoms with Crippen LogP contribution in [0.25, 0.3) is 0 Å². The van der Waals surface area contributed by atoms with Crippen LogP contribution in [0.3, 0.4) is 0 Å². The highest BCUT2D eigenvalue weighted by Crippen LogP contribution is 2.31. The molecule has 0 spiro atoms. The van der Waals surface area contributed by atoms with Crippen LogP contribution in [0.2, 0.25) is 0 Å². The van der Waals surface area contributed by atoms with E-state index >= 15 is 0 Å². The van der Waals surface area contributed by atoms with E-state index in [4.69, 9.17) is 4.74 Å². The van der Waals surface area contributed by atoms with E-state index < -0.39 is 0 Å². The predicted octanol–water partition coefficient (Wildman–Crippen LogP) is 2.10. The Morgan fingerprint density at radius 3 is 2.82 bits per heavy atom. The molecule has 3 nitrogen and oxygen atoms in total. The van der Waals surface area contributed by atoms with Crippen molar-refractivity contribution in [3.8, 4) is 0 Å². The zero-order chi connectivity index (χ0) is 12.3. The highest BCUT2D eigenvalue weighted by Gasteiger charge is 2.33. The van der Waals surface area contributed by atoms with E-state index in [1.54, 1.807) is 0 Å². The molecule has 0 amide bonds. The molecule has 2 rings (SSSR count). The zero-order valence-corrected chi connectivity index (χ0v) is 10.6. The Balaban J connectivity index is 2.20. The fraction of sp³-hybridized carbons (Fsp3) is 0.571. The van der Waals surface area contributed by atoms with Gasteiger partial charge in [-0.15, -0.1) is 0 Å². The van der Waals surface area contributed by atoms with Gasteiger partial charge in [-0.3, -0.25) is 4.90 Å². The van der Waals surface area contributed by atoms with Gasteiger partial charge in [0.2, 0.25) is 0 Å². The summed E-state index contributed by atoms with van der Waals surface area (Å²) in [7, 11) is 0. The first-order chi connectivity index (χ1) is 8.26. The molecule has 1 N–H and O–H groups in total. The van der Waals surface area contributed by atoms with Crippen molar-refractivity contribution in [3.63, 3.8) is 0 Å². The fourth-order valence-electron chi connectivity index (χ4n) is 2.40. The average molecular weight is 235 g/mol. The molecule has 0 bridgehead atoms. The number of hydrogen-bond donors (Lipinski definition) is 1. The number of benzene rings is 1. The van der Waals surface area contributed by atoms with Gasteiger partial charge in [0, 0.05) is 13.1 Å². The monoisotopic (exact) mass is 235 g/mol. The molecule has 0 radical (unpaired) electrons. The molecule has 2 atom stereocenters. The van der Waals surface area contributed by atoms with Crippen molar-refractivity contribution in [3.05, 3.63) is 35.4 Å². The molecule has 1 aromatic rings. The molecule has 17 heavy (non-hydrogen) atoms. The highest BCUT2D eigenvalue weighted by molar-refractivity contribution is 5.28. The summed E-state index contributed by atoms with van der Waals surface area (Å²) in [6.07, 6.45) is 1.06. The van der Waals surface area contributed by atoms with Crippen LogP contribution < -0.4 is 0 Å². The molecule has 0 aliphatic carbocycles. The minimum atomic E-state index is -0.0499. The van der Waals surface area contributed by atoms with E-state index in [2.05, 4.69) is 30.9 Å². The van der Waals surface area contributed by atoms with E-state index in [0.717, 1.165) is 19.5 Å². The van der Waals surface area contributed by atoms with Crippen molar-refractivity contribution >= 4 is 0 Å². The van der Waals surface area contributed by atoms with Crippen molar-refractivity contribution in [1.29, 1.82) is 0 Å². The molecule has 0 saturated carbocycles. The predicted molar refractivity (Wildman–Crippen MR) is 67.7 cm³/mol. The second kappa shape index (κ2) is 5.63. The summed E-state index contributed by atoms with van der Waals surface area (Å²) in [5.74, 6) is 0. The number of hydrogen-bond acceptors (Lipinski definition) is 3. The van der Waals surface area contributed by atoms with Crippen molar-refractivity contribution in [2.75, 3.05) is 19.7 Å². The van der Waals surface area contributed by atoms with Crippen LogP contribution in [0.4, 0.5) is 0 Å². The number of nitrogens with zero attached hydrogens (tertiary/aromatic N) is 1. The van der Waals surface area contributed by atoms with E-state index in [1.807, 2.05) is 12.1 Å². The molecular formula is C14H21NO2. The quantitative estimate of drug-likeness (QED) is 0.867. The molecule has 1 saturated heterocycles. The first kappa shape index (κ1) is 12.6. The van der Waals surface area contributed by atoms with Crippen molar-refractivity contribution < 1.29 is 9.84 Å². The van der Waals surface area contributed by atoms with Gasteiger partial charge in [-0.05, 0) is 24.5 Å². The van der Waals surface area contributed by atoms with Crippen LogP contribution >= 0.6 is 0 Å². The van der Waals surface area contributed by atoms with Crippen LogP contribution in [0, 0.1) is 6.92 Å². The van der Waals surface area contributed by atoms with E-state index in [-0.39, 0.29) is 18.9 Å². The van der Waals surface area contributed by atoms with Gasteiger partial charge in [0.15, 0.2) is 0 Å². The van der Waals surface area contributed by atoms with Crippen LogP contribution in [-0.4, -0.2) is 35.8 Å². The summed E-state index contributed by atoms with van der Waals surface area (Å²) >= 11 is 0. The summed E-state index contributed by atoms with van der Waals surface area (Å²) in [5, 5.41) is 9.23. The number of ether oxygens (including phenoxy) is 1. The fourth-order valence-corrected chi connectivity index (χ4v) is 2.40.